The third kappa shape index (κ3) is 2.20. The van der Waals surface area contributed by atoms with Crippen LogP contribution in [-0.2, 0) is 4.74 Å². The van der Waals surface area contributed by atoms with Crippen LogP contribution in [-0.4, -0.2) is 36.4 Å². The van der Waals surface area contributed by atoms with E-state index in [0.29, 0.717) is 17.5 Å². The zero-order valence-corrected chi connectivity index (χ0v) is 10.2. The van der Waals surface area contributed by atoms with Gasteiger partial charge in [0.25, 0.3) is 0 Å². The molecule has 0 aliphatic carbocycles. The van der Waals surface area contributed by atoms with Gasteiger partial charge in [-0.15, -0.1) is 11.3 Å². The number of ether oxygens (including phenoxy) is 1. The van der Waals surface area contributed by atoms with Crippen LogP contribution in [0.15, 0.2) is 12.1 Å². The molecule has 0 spiro atoms. The minimum atomic E-state index is -0.856. The van der Waals surface area contributed by atoms with Crippen molar-refractivity contribution in [1.82, 2.24) is 0 Å². The first-order chi connectivity index (χ1) is 7.58. The molecule has 0 saturated carbocycles. The largest absolute Gasteiger partial charge is 0.477 e. The highest BCUT2D eigenvalue weighted by molar-refractivity contribution is 7.17. The van der Waals surface area contributed by atoms with Crippen LogP contribution in [0.4, 0.5) is 5.00 Å². The molecule has 4 nitrogen and oxygen atoms in total. The van der Waals surface area contributed by atoms with Crippen LogP contribution < -0.4 is 4.90 Å². The molecule has 0 amide bonds. The van der Waals surface area contributed by atoms with E-state index >= 15 is 0 Å². The Balaban J connectivity index is 2.18. The first-order valence-corrected chi connectivity index (χ1v) is 6.11. The van der Waals surface area contributed by atoms with Crippen LogP contribution in [0, 0.1) is 0 Å². The van der Waals surface area contributed by atoms with Gasteiger partial charge in [0.15, 0.2) is 0 Å². The molecule has 1 aliphatic heterocycles. The molecule has 1 aliphatic rings. The first kappa shape index (κ1) is 11.4. The van der Waals surface area contributed by atoms with Crippen molar-refractivity contribution in [2.75, 3.05) is 18.1 Å². The van der Waals surface area contributed by atoms with Crippen LogP contribution >= 0.6 is 11.3 Å². The number of nitrogens with zero attached hydrogens (tertiary/aromatic N) is 1. The molecule has 2 atom stereocenters. The van der Waals surface area contributed by atoms with E-state index in [4.69, 9.17) is 9.84 Å². The lowest BCUT2D eigenvalue weighted by molar-refractivity contribution is 0.0346. The molecule has 1 aromatic rings. The van der Waals surface area contributed by atoms with Crippen molar-refractivity contribution >= 4 is 22.3 Å². The van der Waals surface area contributed by atoms with Crippen molar-refractivity contribution in [3.05, 3.63) is 17.0 Å². The topological polar surface area (TPSA) is 49.8 Å². The molecule has 5 heteroatoms. The second-order valence-electron chi connectivity index (χ2n) is 4.09. The van der Waals surface area contributed by atoms with Crippen molar-refractivity contribution in [2.24, 2.45) is 0 Å². The smallest absolute Gasteiger partial charge is 0.345 e. The summed E-state index contributed by atoms with van der Waals surface area (Å²) in [5, 5.41) is 9.90. The van der Waals surface area contributed by atoms with Crippen LogP contribution in [0.1, 0.15) is 23.5 Å². The van der Waals surface area contributed by atoms with Crippen LogP contribution in [0.2, 0.25) is 0 Å². The fourth-order valence-electron chi connectivity index (χ4n) is 1.81. The van der Waals surface area contributed by atoms with E-state index in [-0.39, 0.29) is 6.10 Å². The van der Waals surface area contributed by atoms with E-state index in [1.54, 1.807) is 6.07 Å². The molecule has 1 fully saturated rings. The van der Waals surface area contributed by atoms with Crippen LogP contribution in [0.25, 0.3) is 0 Å². The van der Waals surface area contributed by atoms with E-state index in [1.807, 2.05) is 13.0 Å². The maximum atomic E-state index is 10.8. The summed E-state index contributed by atoms with van der Waals surface area (Å²) >= 11 is 1.32. The number of hydrogen-bond donors (Lipinski definition) is 1. The number of carboxylic acid groups (broad SMARTS) is 1. The maximum Gasteiger partial charge on any atom is 0.345 e. The average molecular weight is 241 g/mol. The van der Waals surface area contributed by atoms with Crippen molar-refractivity contribution in [3.63, 3.8) is 0 Å². The quantitative estimate of drug-likeness (QED) is 0.861. The third-order valence-corrected chi connectivity index (χ3v) is 3.80. The van der Waals surface area contributed by atoms with Crippen LogP contribution in [0.3, 0.4) is 0 Å². The molecular weight excluding hydrogens is 226 g/mol. The highest BCUT2D eigenvalue weighted by Gasteiger charge is 2.25. The molecule has 0 radical (unpaired) electrons. The van der Waals surface area contributed by atoms with Gasteiger partial charge < -0.3 is 14.7 Å². The summed E-state index contributed by atoms with van der Waals surface area (Å²) in [5.74, 6) is -0.856. The zero-order valence-electron chi connectivity index (χ0n) is 9.34. The number of carboxylic acids is 1. The van der Waals surface area contributed by atoms with Gasteiger partial charge in [0.1, 0.15) is 4.88 Å². The molecule has 1 aromatic heterocycles. The highest BCUT2D eigenvalue weighted by atomic mass is 32.1. The average Bonchev–Trinajstić information content (AvgIpc) is 2.70. The summed E-state index contributed by atoms with van der Waals surface area (Å²) < 4.78 is 5.54. The van der Waals surface area contributed by atoms with Gasteiger partial charge in [-0.05, 0) is 26.0 Å². The molecule has 16 heavy (non-hydrogen) atoms. The third-order valence-electron chi connectivity index (χ3n) is 2.69. The second kappa shape index (κ2) is 4.43. The molecule has 1 saturated heterocycles. The van der Waals surface area contributed by atoms with Crippen molar-refractivity contribution in [3.8, 4) is 0 Å². The Kier molecular flexibility index (Phi) is 3.16. The van der Waals surface area contributed by atoms with E-state index in [2.05, 4.69) is 11.8 Å². The van der Waals surface area contributed by atoms with Gasteiger partial charge in [-0.25, -0.2) is 4.79 Å². The Morgan fingerprint density at radius 3 is 2.94 bits per heavy atom. The molecule has 1 N–H and O–H groups in total. The number of morpholine rings is 1. The minimum absolute atomic E-state index is 0.201. The van der Waals surface area contributed by atoms with E-state index < -0.39 is 5.97 Å². The molecule has 2 heterocycles. The fourth-order valence-corrected chi connectivity index (χ4v) is 2.76. The lowest BCUT2D eigenvalue weighted by Crippen LogP contribution is -2.47. The summed E-state index contributed by atoms with van der Waals surface area (Å²) in [6.45, 7) is 5.64. The summed E-state index contributed by atoms with van der Waals surface area (Å²) in [4.78, 5) is 13.4. The summed E-state index contributed by atoms with van der Waals surface area (Å²) in [6.07, 6.45) is 0.201. The Labute approximate surface area is 98.4 Å². The number of hydrogen-bond acceptors (Lipinski definition) is 4. The highest BCUT2D eigenvalue weighted by Crippen LogP contribution is 2.29. The number of carbonyl (C=O) groups is 1. The monoisotopic (exact) mass is 241 g/mol. The molecule has 2 rings (SSSR count). The normalized spacial score (nSPS) is 25.8. The summed E-state index contributed by atoms with van der Waals surface area (Å²) in [6, 6.07) is 3.84. The number of thiophene rings is 1. The van der Waals surface area contributed by atoms with E-state index in [9.17, 15) is 4.79 Å². The number of anilines is 1. The molecule has 0 aromatic carbocycles. The number of rotatable bonds is 2. The van der Waals surface area contributed by atoms with Gasteiger partial charge in [-0.2, -0.15) is 0 Å². The SMILES string of the molecule is CC1CN(c2ccc(C(=O)O)s2)C(C)CO1. The van der Waals surface area contributed by atoms with Gasteiger partial charge in [-0.3, -0.25) is 0 Å². The summed E-state index contributed by atoms with van der Waals surface area (Å²) in [5.41, 5.74) is 0. The number of aromatic carboxylic acids is 1. The van der Waals surface area contributed by atoms with Gasteiger partial charge in [0, 0.05) is 6.54 Å². The molecule has 2 unspecified atom stereocenters. The standard InChI is InChI=1S/C11H15NO3S/c1-7-6-15-8(2)5-12(7)10-4-3-9(16-10)11(13)14/h3-4,7-8H,5-6H2,1-2H3,(H,13,14). The first-order valence-electron chi connectivity index (χ1n) is 5.29. The van der Waals surface area contributed by atoms with Crippen molar-refractivity contribution < 1.29 is 14.6 Å². The lowest BCUT2D eigenvalue weighted by atomic mass is 10.2. The predicted octanol–water partition coefficient (Wildman–Crippen LogP) is 2.06. The van der Waals surface area contributed by atoms with E-state index in [0.717, 1.165) is 11.5 Å². The Morgan fingerprint density at radius 1 is 1.56 bits per heavy atom. The Hall–Kier alpha value is -1.07. The maximum absolute atomic E-state index is 10.8. The van der Waals surface area contributed by atoms with Gasteiger partial charge in [0.05, 0.1) is 23.8 Å². The van der Waals surface area contributed by atoms with Crippen LogP contribution in [0.5, 0.6) is 0 Å². The minimum Gasteiger partial charge on any atom is -0.477 e. The fraction of sp³-hybridized carbons (Fsp3) is 0.545. The Morgan fingerprint density at radius 2 is 2.31 bits per heavy atom. The summed E-state index contributed by atoms with van der Waals surface area (Å²) in [7, 11) is 0. The van der Waals surface area contributed by atoms with Gasteiger partial charge >= 0.3 is 5.97 Å². The molecular formula is C11H15NO3S. The van der Waals surface area contributed by atoms with Crippen molar-refractivity contribution in [2.45, 2.75) is 26.0 Å². The second-order valence-corrected chi connectivity index (χ2v) is 5.15. The Bertz CT molecular complexity index is 390. The van der Waals surface area contributed by atoms with Gasteiger partial charge in [0.2, 0.25) is 0 Å². The zero-order chi connectivity index (χ0) is 11.7. The molecule has 0 bridgehead atoms. The van der Waals surface area contributed by atoms with Crippen molar-refractivity contribution in [1.29, 1.82) is 0 Å². The predicted molar refractivity (Wildman–Crippen MR) is 63.5 cm³/mol. The lowest BCUT2D eigenvalue weighted by Gasteiger charge is -2.37. The van der Waals surface area contributed by atoms with Gasteiger partial charge in [-0.1, -0.05) is 0 Å². The molecule has 88 valence electrons. The van der Waals surface area contributed by atoms with E-state index in [1.165, 1.54) is 11.3 Å².